The van der Waals surface area contributed by atoms with E-state index in [4.69, 9.17) is 24.5 Å². The largest absolute Gasteiger partial charge is 1.00 e. The molecule has 0 fully saturated rings. The van der Waals surface area contributed by atoms with Gasteiger partial charge in [0.2, 0.25) is 5.82 Å². The fraction of sp³-hybridized carbons (Fsp3) is 0.348. The number of carboxylic acid groups (broad SMARTS) is 2. The number of ketones is 1. The van der Waals surface area contributed by atoms with Crippen molar-refractivity contribution in [2.45, 2.75) is 39.5 Å². The van der Waals surface area contributed by atoms with Crippen molar-refractivity contribution >= 4 is 27.9 Å². The summed E-state index contributed by atoms with van der Waals surface area (Å²) < 4.78 is 12.5. The quantitative estimate of drug-likeness (QED) is 0.122. The summed E-state index contributed by atoms with van der Waals surface area (Å²) in [6.07, 6.45) is 0.762. The van der Waals surface area contributed by atoms with Crippen molar-refractivity contribution in [1.82, 2.24) is 20.6 Å². The topological polar surface area (TPSA) is 173 Å². The zero-order valence-corrected chi connectivity index (χ0v) is 29.1. The predicted octanol–water partition coefficient (Wildman–Crippen LogP) is -3.71. The number of hydrogen-bond donors (Lipinski definition) is 2. The molecule has 0 aliphatic heterocycles. The first kappa shape index (κ1) is 36.6. The van der Waals surface area contributed by atoms with Gasteiger partial charge in [-0.3, -0.25) is 4.79 Å². The van der Waals surface area contributed by atoms with E-state index in [0.29, 0.717) is 42.3 Å². The third-order valence-electron chi connectivity index (χ3n) is 4.71. The summed E-state index contributed by atoms with van der Waals surface area (Å²) in [5.41, 5.74) is 1.86. The van der Waals surface area contributed by atoms with Crippen molar-refractivity contribution < 1.29 is 137 Å². The molecule has 0 saturated heterocycles. The Bertz CT molecular complexity index is 1130. The first-order valence-electron chi connectivity index (χ1n) is 10.8. The smallest absolute Gasteiger partial charge is 0.652 e. The Kier molecular flexibility index (Phi) is 19.4. The van der Waals surface area contributed by atoms with E-state index in [1.54, 1.807) is 12.1 Å². The van der Waals surface area contributed by atoms with Crippen molar-refractivity contribution in [3.8, 4) is 28.6 Å². The van der Waals surface area contributed by atoms with E-state index in [0.717, 1.165) is 35.0 Å². The molecule has 0 spiro atoms. The van der Waals surface area contributed by atoms with Crippen LogP contribution in [-0.2, 0) is 6.42 Å². The number of carbonyl (C=O) groups excluding carboxylic acids is 2. The standard InChI is InChI=1S/C22H25BrN4O4.CH2O3.2K/c1-3-6-17-19(10-8-16(14(2)28)21(17)29)30-11-4-5-12-31-20-9-7-15(13-18(20)23)22-24-26-27-25-22;2-1(3)4;;/h7-10,13,29H,3-6,11-12H2,1-2H3,(H,24,25,26,27);(H2,2,3,4);;/q;;2*+1/p-2. The summed E-state index contributed by atoms with van der Waals surface area (Å²) in [5, 5.41) is 41.0. The Balaban J connectivity index is 0.00000201. The Morgan fingerprint density at radius 1 is 1.05 bits per heavy atom. The summed E-state index contributed by atoms with van der Waals surface area (Å²) in [6.45, 7) is 4.51. The minimum atomic E-state index is -2.33. The number of aromatic amines is 1. The number of nitrogens with zero attached hydrogens (tertiary/aromatic N) is 3. The second kappa shape index (κ2) is 19.6. The van der Waals surface area contributed by atoms with Crippen molar-refractivity contribution in [2.24, 2.45) is 0 Å². The van der Waals surface area contributed by atoms with Crippen molar-refractivity contribution in [1.29, 1.82) is 0 Å². The van der Waals surface area contributed by atoms with E-state index < -0.39 is 6.16 Å². The number of nitrogens with one attached hydrogen (secondary N) is 1. The number of hydrogen-bond acceptors (Lipinski definition) is 10. The van der Waals surface area contributed by atoms with Gasteiger partial charge in [-0.15, -0.1) is 10.2 Å². The molecule has 37 heavy (non-hydrogen) atoms. The zero-order valence-electron chi connectivity index (χ0n) is 21.2. The SMILES string of the molecule is CCCc1c(OCCCCOc2ccc(-c3nn[nH]n3)cc2Br)ccc(C(C)=O)c1O.O=C([O-])[O-].[K+].[K+]. The number of phenols is 1. The number of benzene rings is 2. The average molecular weight is 628 g/mol. The first-order chi connectivity index (χ1) is 16.7. The molecular weight excluding hydrogens is 602 g/mol. The second-order valence-electron chi connectivity index (χ2n) is 7.28. The maximum Gasteiger partial charge on any atom is 1.00 e. The van der Waals surface area contributed by atoms with Crippen LogP contribution < -0.4 is 122 Å². The van der Waals surface area contributed by atoms with Crippen LogP contribution in [0, 0.1) is 0 Å². The molecule has 2 aromatic carbocycles. The van der Waals surface area contributed by atoms with Crippen LogP contribution in [0.1, 0.15) is 49.0 Å². The molecule has 0 atom stereocenters. The summed E-state index contributed by atoms with van der Waals surface area (Å²) in [4.78, 5) is 20.0. The van der Waals surface area contributed by atoms with Gasteiger partial charge in [0.05, 0.1) is 23.2 Å². The maximum absolute atomic E-state index is 11.7. The van der Waals surface area contributed by atoms with Gasteiger partial charge in [0.15, 0.2) is 5.78 Å². The van der Waals surface area contributed by atoms with Gasteiger partial charge in [-0.2, -0.15) is 5.21 Å². The number of tetrazole rings is 1. The molecule has 0 saturated carbocycles. The number of Topliss-reactive ketones (excluding diaryl/α,β-unsaturated/α-hetero) is 1. The molecule has 3 aromatic rings. The fourth-order valence-electron chi connectivity index (χ4n) is 3.14. The number of rotatable bonds is 11. The van der Waals surface area contributed by atoms with Crippen molar-refractivity contribution in [3.05, 3.63) is 45.9 Å². The molecule has 3 rings (SSSR count). The minimum Gasteiger partial charge on any atom is -0.652 e. The van der Waals surface area contributed by atoms with Crippen LogP contribution in [-0.4, -0.2) is 50.9 Å². The average Bonchev–Trinajstić information content (AvgIpc) is 3.33. The molecule has 0 bridgehead atoms. The van der Waals surface area contributed by atoms with Gasteiger partial charge in [0.25, 0.3) is 0 Å². The maximum atomic E-state index is 11.7. The molecule has 0 amide bonds. The molecule has 11 nitrogen and oxygen atoms in total. The van der Waals surface area contributed by atoms with Gasteiger partial charge >= 0.3 is 103 Å². The van der Waals surface area contributed by atoms with Crippen LogP contribution >= 0.6 is 15.9 Å². The number of ether oxygens (including phenoxy) is 2. The summed E-state index contributed by atoms with van der Waals surface area (Å²) in [6, 6.07) is 9.00. The zero-order chi connectivity index (χ0) is 25.8. The van der Waals surface area contributed by atoms with Crippen LogP contribution in [0.15, 0.2) is 34.8 Å². The third-order valence-corrected chi connectivity index (χ3v) is 5.33. The third kappa shape index (κ3) is 12.5. The van der Waals surface area contributed by atoms with Crippen LogP contribution in [0.3, 0.4) is 0 Å². The molecule has 14 heteroatoms. The van der Waals surface area contributed by atoms with Gasteiger partial charge < -0.3 is 29.6 Å². The Morgan fingerprint density at radius 2 is 1.65 bits per heavy atom. The number of phenolic OH excluding ortho intramolecular Hbond substituents is 1. The second-order valence-corrected chi connectivity index (χ2v) is 8.13. The van der Waals surface area contributed by atoms with Crippen LogP contribution in [0.5, 0.6) is 17.2 Å². The number of aromatic hydroxyl groups is 1. The molecule has 0 unspecified atom stereocenters. The van der Waals surface area contributed by atoms with Gasteiger partial charge in [0, 0.05) is 11.1 Å². The van der Waals surface area contributed by atoms with Gasteiger partial charge in [-0.1, -0.05) is 13.3 Å². The van der Waals surface area contributed by atoms with E-state index in [-0.39, 0.29) is 114 Å². The van der Waals surface area contributed by atoms with E-state index in [2.05, 4.69) is 36.6 Å². The number of H-pyrrole nitrogens is 1. The van der Waals surface area contributed by atoms with Crippen LogP contribution in [0.4, 0.5) is 4.79 Å². The van der Waals surface area contributed by atoms with Crippen molar-refractivity contribution in [2.75, 3.05) is 13.2 Å². The normalized spacial score (nSPS) is 9.70. The number of halogens is 1. The number of carbonyl (C=O) groups is 2. The molecule has 0 aliphatic rings. The molecule has 1 heterocycles. The fourth-order valence-corrected chi connectivity index (χ4v) is 3.63. The van der Waals surface area contributed by atoms with E-state index in [1.807, 2.05) is 25.1 Å². The summed E-state index contributed by atoms with van der Waals surface area (Å²) in [7, 11) is 0. The molecular formula is C23H25BrK2N4O7. The monoisotopic (exact) mass is 626 g/mol. The Morgan fingerprint density at radius 3 is 2.16 bits per heavy atom. The Labute approximate surface area is 308 Å². The minimum absolute atomic E-state index is 0. The predicted molar refractivity (Wildman–Crippen MR) is 125 cm³/mol. The summed E-state index contributed by atoms with van der Waals surface area (Å²) in [5.74, 6) is 1.77. The van der Waals surface area contributed by atoms with Crippen LogP contribution in [0.2, 0.25) is 0 Å². The first-order valence-corrected chi connectivity index (χ1v) is 11.6. The molecule has 2 N–H and O–H groups in total. The van der Waals surface area contributed by atoms with Gasteiger partial charge in [0.1, 0.15) is 17.2 Å². The Hall–Kier alpha value is -0.397. The van der Waals surface area contributed by atoms with E-state index >= 15 is 0 Å². The molecule has 0 radical (unpaired) electrons. The van der Waals surface area contributed by atoms with Gasteiger partial charge in [-0.05, 0) is 83.8 Å². The number of unbranched alkanes of at least 4 members (excludes halogenated alkanes) is 1. The molecule has 188 valence electrons. The summed E-state index contributed by atoms with van der Waals surface area (Å²) >= 11 is 3.51. The molecule has 1 aromatic heterocycles. The van der Waals surface area contributed by atoms with Gasteiger partial charge in [-0.25, -0.2) is 0 Å². The van der Waals surface area contributed by atoms with E-state index in [1.165, 1.54) is 6.92 Å². The molecule has 0 aliphatic carbocycles. The van der Waals surface area contributed by atoms with Crippen molar-refractivity contribution in [3.63, 3.8) is 0 Å². The number of aromatic nitrogens is 4. The van der Waals surface area contributed by atoms with E-state index in [9.17, 15) is 9.90 Å². The van der Waals surface area contributed by atoms with Crippen LogP contribution in [0.25, 0.3) is 11.4 Å².